The van der Waals surface area contributed by atoms with Crippen molar-refractivity contribution < 1.29 is 5.11 Å². The fourth-order valence-electron chi connectivity index (χ4n) is 4.61. The summed E-state index contributed by atoms with van der Waals surface area (Å²) in [6, 6.07) is 10.8. The summed E-state index contributed by atoms with van der Waals surface area (Å²) in [5.41, 5.74) is 1.65. The lowest BCUT2D eigenvalue weighted by Gasteiger charge is -2.36. The van der Waals surface area contributed by atoms with E-state index >= 15 is 0 Å². The highest BCUT2D eigenvalue weighted by atomic mass is 16.3. The topological polar surface area (TPSA) is 20.2 Å². The molecule has 20 heavy (non-hydrogen) atoms. The van der Waals surface area contributed by atoms with E-state index in [0.717, 1.165) is 0 Å². The lowest BCUT2D eigenvalue weighted by Crippen LogP contribution is -2.36. The lowest BCUT2D eigenvalue weighted by molar-refractivity contribution is -0.00419. The molecular weight excluding hydrogens is 244 g/mol. The Hall–Kier alpha value is -0.820. The molecule has 2 aliphatic rings. The Kier molecular flexibility index (Phi) is 3.90. The van der Waals surface area contributed by atoms with Gasteiger partial charge in [0, 0.05) is 0 Å². The molecule has 2 saturated carbocycles. The van der Waals surface area contributed by atoms with E-state index in [1.54, 1.807) is 0 Å². The van der Waals surface area contributed by atoms with Crippen LogP contribution in [0.3, 0.4) is 0 Å². The third-order valence-electron chi connectivity index (χ3n) is 5.51. The molecule has 0 aliphatic heterocycles. The Labute approximate surface area is 123 Å². The second-order valence-electron chi connectivity index (χ2n) is 7.53. The van der Waals surface area contributed by atoms with Crippen molar-refractivity contribution in [3.63, 3.8) is 0 Å². The van der Waals surface area contributed by atoms with Crippen LogP contribution in [0.2, 0.25) is 0 Å². The van der Waals surface area contributed by atoms with Gasteiger partial charge < -0.3 is 5.11 Å². The van der Waals surface area contributed by atoms with Gasteiger partial charge in [0.05, 0.1) is 6.10 Å². The summed E-state index contributed by atoms with van der Waals surface area (Å²) in [4.78, 5) is 0. The zero-order valence-corrected chi connectivity index (χ0v) is 12.9. The van der Waals surface area contributed by atoms with Gasteiger partial charge in [0.15, 0.2) is 0 Å². The minimum absolute atomic E-state index is 0.0855. The molecule has 0 bridgehead atoms. The van der Waals surface area contributed by atoms with E-state index in [0.29, 0.717) is 17.8 Å². The minimum Gasteiger partial charge on any atom is -0.392 e. The standard InChI is InChI=1S/C19H28O/c1-14(2)13-19(10-6-7-11-19)18(20)17-12-16(17)15-8-4-3-5-9-15/h3-5,8-9,14,16-18,20H,6-7,10-13H2,1-2H3. The van der Waals surface area contributed by atoms with Gasteiger partial charge in [-0.05, 0) is 54.4 Å². The Morgan fingerprint density at radius 3 is 2.40 bits per heavy atom. The van der Waals surface area contributed by atoms with Crippen LogP contribution in [0.5, 0.6) is 0 Å². The Bertz CT molecular complexity index is 430. The molecule has 3 atom stereocenters. The normalized spacial score (nSPS) is 29.6. The van der Waals surface area contributed by atoms with E-state index in [1.807, 2.05) is 0 Å². The lowest BCUT2D eigenvalue weighted by atomic mass is 9.72. The molecule has 3 rings (SSSR count). The molecule has 1 nitrogen and oxygen atoms in total. The Morgan fingerprint density at radius 2 is 1.80 bits per heavy atom. The zero-order chi connectivity index (χ0) is 14.2. The molecule has 1 aromatic rings. The van der Waals surface area contributed by atoms with Crippen LogP contribution in [0.15, 0.2) is 30.3 Å². The van der Waals surface area contributed by atoms with E-state index in [9.17, 15) is 5.11 Å². The molecule has 3 unspecified atom stereocenters. The van der Waals surface area contributed by atoms with Crippen molar-refractivity contribution in [1.29, 1.82) is 0 Å². The largest absolute Gasteiger partial charge is 0.392 e. The highest BCUT2D eigenvalue weighted by Gasteiger charge is 2.52. The average Bonchev–Trinajstić information content (AvgIpc) is 3.11. The van der Waals surface area contributed by atoms with Crippen LogP contribution in [0.25, 0.3) is 0 Å². The maximum Gasteiger partial charge on any atom is 0.0630 e. The van der Waals surface area contributed by atoms with E-state index in [4.69, 9.17) is 0 Å². The van der Waals surface area contributed by atoms with Gasteiger partial charge in [0.1, 0.15) is 0 Å². The van der Waals surface area contributed by atoms with Crippen LogP contribution in [-0.4, -0.2) is 11.2 Å². The summed E-state index contributed by atoms with van der Waals surface area (Å²) >= 11 is 0. The van der Waals surface area contributed by atoms with Crippen molar-refractivity contribution in [2.45, 2.75) is 64.4 Å². The second kappa shape index (κ2) is 5.52. The number of hydrogen-bond acceptors (Lipinski definition) is 1. The first kappa shape index (κ1) is 14.1. The third kappa shape index (κ3) is 2.65. The zero-order valence-electron chi connectivity index (χ0n) is 12.9. The monoisotopic (exact) mass is 272 g/mol. The highest BCUT2D eigenvalue weighted by molar-refractivity contribution is 5.27. The van der Waals surface area contributed by atoms with Crippen LogP contribution in [0, 0.1) is 17.3 Å². The molecule has 0 radical (unpaired) electrons. The summed E-state index contributed by atoms with van der Waals surface area (Å²) < 4.78 is 0. The van der Waals surface area contributed by atoms with Gasteiger partial charge in [0.25, 0.3) is 0 Å². The molecule has 0 saturated heterocycles. The summed E-state index contributed by atoms with van der Waals surface area (Å²) in [5, 5.41) is 11.0. The number of hydrogen-bond donors (Lipinski definition) is 1. The molecular formula is C19H28O. The number of benzene rings is 1. The first-order chi connectivity index (χ1) is 9.62. The maximum atomic E-state index is 11.0. The van der Waals surface area contributed by atoms with Crippen LogP contribution < -0.4 is 0 Å². The first-order valence-corrected chi connectivity index (χ1v) is 8.35. The molecule has 0 spiro atoms. The van der Waals surface area contributed by atoms with Gasteiger partial charge in [-0.1, -0.05) is 57.0 Å². The van der Waals surface area contributed by atoms with E-state index < -0.39 is 0 Å². The van der Waals surface area contributed by atoms with Gasteiger partial charge in [-0.15, -0.1) is 0 Å². The van der Waals surface area contributed by atoms with Crippen molar-refractivity contribution in [1.82, 2.24) is 0 Å². The van der Waals surface area contributed by atoms with Crippen LogP contribution in [0.1, 0.15) is 63.9 Å². The first-order valence-electron chi connectivity index (χ1n) is 8.35. The molecule has 1 aromatic carbocycles. The highest BCUT2D eigenvalue weighted by Crippen LogP contribution is 2.58. The predicted molar refractivity (Wildman–Crippen MR) is 83.7 cm³/mol. The smallest absolute Gasteiger partial charge is 0.0630 e. The van der Waals surface area contributed by atoms with Crippen LogP contribution in [-0.2, 0) is 0 Å². The molecule has 0 heterocycles. The molecule has 1 N–H and O–H groups in total. The molecule has 2 fully saturated rings. The van der Waals surface area contributed by atoms with Crippen molar-refractivity contribution in [2.75, 3.05) is 0 Å². The van der Waals surface area contributed by atoms with Crippen molar-refractivity contribution in [3.05, 3.63) is 35.9 Å². The van der Waals surface area contributed by atoms with Crippen LogP contribution >= 0.6 is 0 Å². The molecule has 0 aromatic heterocycles. The average molecular weight is 272 g/mol. The van der Waals surface area contributed by atoms with Gasteiger partial charge in [-0.3, -0.25) is 0 Å². The summed E-state index contributed by atoms with van der Waals surface area (Å²) in [6.45, 7) is 4.60. The van der Waals surface area contributed by atoms with Crippen molar-refractivity contribution in [3.8, 4) is 0 Å². The van der Waals surface area contributed by atoms with E-state index in [1.165, 1.54) is 44.1 Å². The predicted octanol–water partition coefficient (Wildman–Crippen LogP) is 4.76. The van der Waals surface area contributed by atoms with Gasteiger partial charge in [0.2, 0.25) is 0 Å². The van der Waals surface area contributed by atoms with Gasteiger partial charge in [-0.25, -0.2) is 0 Å². The number of rotatable bonds is 5. The Morgan fingerprint density at radius 1 is 1.15 bits per heavy atom. The maximum absolute atomic E-state index is 11.0. The van der Waals surface area contributed by atoms with Gasteiger partial charge in [-0.2, -0.15) is 0 Å². The fraction of sp³-hybridized carbons (Fsp3) is 0.684. The fourth-order valence-corrected chi connectivity index (χ4v) is 4.61. The Balaban J connectivity index is 1.71. The molecule has 2 aliphatic carbocycles. The van der Waals surface area contributed by atoms with E-state index in [-0.39, 0.29) is 11.5 Å². The number of aliphatic hydroxyl groups excluding tert-OH is 1. The summed E-state index contributed by atoms with van der Waals surface area (Å²) in [6.07, 6.45) is 7.41. The van der Waals surface area contributed by atoms with Gasteiger partial charge >= 0.3 is 0 Å². The van der Waals surface area contributed by atoms with E-state index in [2.05, 4.69) is 44.2 Å². The summed E-state index contributed by atoms with van der Waals surface area (Å²) in [7, 11) is 0. The molecule has 110 valence electrons. The van der Waals surface area contributed by atoms with Crippen molar-refractivity contribution >= 4 is 0 Å². The second-order valence-corrected chi connectivity index (χ2v) is 7.53. The van der Waals surface area contributed by atoms with Crippen molar-refractivity contribution in [2.24, 2.45) is 17.3 Å². The quantitative estimate of drug-likeness (QED) is 0.819. The minimum atomic E-state index is -0.0855. The van der Waals surface area contributed by atoms with Crippen LogP contribution in [0.4, 0.5) is 0 Å². The number of aliphatic hydroxyl groups is 1. The SMILES string of the molecule is CC(C)CC1(C(O)C2CC2c2ccccc2)CCCC1. The molecule has 0 amide bonds. The third-order valence-corrected chi connectivity index (χ3v) is 5.51. The summed E-state index contributed by atoms with van der Waals surface area (Å²) in [5.74, 6) is 1.81. The molecule has 1 heteroatoms.